The molecule has 0 aromatic heterocycles. The first-order valence-corrected chi connectivity index (χ1v) is 9.01. The lowest BCUT2D eigenvalue weighted by atomic mass is 10.2. The molecule has 0 saturated heterocycles. The van der Waals surface area contributed by atoms with Crippen LogP contribution in [0.3, 0.4) is 0 Å². The zero-order valence-corrected chi connectivity index (χ0v) is 14.9. The molecule has 0 fully saturated rings. The van der Waals surface area contributed by atoms with E-state index in [0.29, 0.717) is 11.3 Å². The van der Waals surface area contributed by atoms with E-state index in [1.165, 1.54) is 55.5 Å². The molecule has 0 bridgehead atoms. The summed E-state index contributed by atoms with van der Waals surface area (Å²) in [6, 6.07) is 13.3. The molecule has 2 aromatic rings. The lowest BCUT2D eigenvalue weighted by Crippen LogP contribution is -2.15. The maximum absolute atomic E-state index is 12.3. The molecule has 0 heterocycles. The minimum absolute atomic E-state index is 0.102. The first-order valence-electron chi connectivity index (χ1n) is 7.46. The molecule has 27 heavy (non-hydrogen) atoms. The quantitative estimate of drug-likeness (QED) is 0.409. The molecule has 138 valence electrons. The fourth-order valence-corrected chi connectivity index (χ4v) is 2.43. The average Bonchev–Trinajstić information content (AvgIpc) is 2.62. The van der Waals surface area contributed by atoms with Gasteiger partial charge in [0, 0.05) is 5.69 Å². The Morgan fingerprint density at radius 1 is 1.15 bits per heavy atom. The predicted octanol–water partition coefficient (Wildman–Crippen LogP) is 2.72. The Kier molecular flexibility index (Phi) is 6.02. The van der Waals surface area contributed by atoms with Crippen molar-refractivity contribution in [2.24, 2.45) is 15.4 Å². The second kappa shape index (κ2) is 8.22. The predicted molar refractivity (Wildman–Crippen MR) is 97.4 cm³/mol. The number of nitrogens with two attached hydrogens (primary N) is 1. The molecule has 1 amide bonds. The van der Waals surface area contributed by atoms with Crippen molar-refractivity contribution in [2.45, 2.75) is 11.8 Å². The number of amides is 1. The summed E-state index contributed by atoms with van der Waals surface area (Å²) in [7, 11) is -3.84. The van der Waals surface area contributed by atoms with Gasteiger partial charge in [-0.05, 0) is 55.5 Å². The number of aliphatic hydroxyl groups is 1. The first kappa shape index (κ1) is 19.8. The van der Waals surface area contributed by atoms with Crippen LogP contribution in [0.2, 0.25) is 0 Å². The van der Waals surface area contributed by atoms with Crippen LogP contribution in [0.1, 0.15) is 12.5 Å². The molecule has 2 rings (SSSR count). The number of carbonyl (C=O) groups excluding carboxylic acids is 1. The number of sulfonamides is 1. The summed E-state index contributed by atoms with van der Waals surface area (Å²) in [6.45, 7) is 1.27. The molecule has 0 aliphatic heterocycles. The number of azo groups is 1. The van der Waals surface area contributed by atoms with Crippen molar-refractivity contribution in [1.82, 2.24) is 0 Å². The summed E-state index contributed by atoms with van der Waals surface area (Å²) in [5.74, 6) is -1.10. The molecule has 10 heteroatoms. The third kappa shape index (κ3) is 5.46. The van der Waals surface area contributed by atoms with Crippen LogP contribution in [-0.2, 0) is 14.8 Å². The summed E-state index contributed by atoms with van der Waals surface area (Å²) < 4.78 is 22.5. The van der Waals surface area contributed by atoms with Crippen molar-refractivity contribution < 1.29 is 18.3 Å². The number of rotatable bonds is 5. The van der Waals surface area contributed by atoms with Crippen LogP contribution in [0.5, 0.6) is 0 Å². The van der Waals surface area contributed by atoms with E-state index in [1.807, 2.05) is 6.07 Å². The summed E-state index contributed by atoms with van der Waals surface area (Å²) in [5.41, 5.74) is 0.788. The van der Waals surface area contributed by atoms with E-state index >= 15 is 0 Å². The second-order valence-electron chi connectivity index (χ2n) is 5.32. The van der Waals surface area contributed by atoms with Gasteiger partial charge in [0.1, 0.15) is 5.76 Å². The Morgan fingerprint density at radius 3 is 2.22 bits per heavy atom. The number of nitrogens with zero attached hydrogens (tertiary/aromatic N) is 3. The van der Waals surface area contributed by atoms with Gasteiger partial charge < -0.3 is 10.4 Å². The van der Waals surface area contributed by atoms with Crippen LogP contribution in [0.4, 0.5) is 11.4 Å². The van der Waals surface area contributed by atoms with Gasteiger partial charge in [-0.25, -0.2) is 13.6 Å². The summed E-state index contributed by atoms with van der Waals surface area (Å²) >= 11 is 0. The van der Waals surface area contributed by atoms with Gasteiger partial charge >= 0.3 is 0 Å². The molecule has 0 aliphatic carbocycles. The third-order valence-corrected chi connectivity index (χ3v) is 4.19. The highest BCUT2D eigenvalue weighted by Crippen LogP contribution is 2.18. The highest BCUT2D eigenvalue weighted by Gasteiger charge is 2.14. The lowest BCUT2D eigenvalue weighted by molar-refractivity contribution is -0.113. The molecule has 0 radical (unpaired) electrons. The molecule has 0 atom stereocenters. The number of primary sulfonamides is 1. The van der Waals surface area contributed by atoms with E-state index in [0.717, 1.165) is 0 Å². The zero-order chi connectivity index (χ0) is 20.0. The smallest absolute Gasteiger partial charge is 0.279 e. The average molecular weight is 385 g/mol. The molecule has 4 N–H and O–H groups in total. The fraction of sp³-hybridized carbons (Fsp3) is 0.0588. The Morgan fingerprint density at radius 2 is 1.74 bits per heavy atom. The minimum atomic E-state index is -3.84. The number of benzene rings is 2. The number of aliphatic hydroxyl groups excluding tert-OH is 1. The van der Waals surface area contributed by atoms with Gasteiger partial charge in [-0.15, -0.1) is 5.11 Å². The largest absolute Gasteiger partial charge is 0.510 e. The summed E-state index contributed by atoms with van der Waals surface area (Å²) in [4.78, 5) is 12.2. The van der Waals surface area contributed by atoms with Crippen molar-refractivity contribution in [2.75, 3.05) is 5.32 Å². The van der Waals surface area contributed by atoms with Gasteiger partial charge in [0.15, 0.2) is 5.70 Å². The van der Waals surface area contributed by atoms with Gasteiger partial charge in [0.05, 0.1) is 22.2 Å². The zero-order valence-electron chi connectivity index (χ0n) is 14.1. The van der Waals surface area contributed by atoms with Gasteiger partial charge in [0.25, 0.3) is 5.91 Å². The van der Waals surface area contributed by atoms with Crippen molar-refractivity contribution in [1.29, 1.82) is 5.26 Å². The fourth-order valence-electron chi connectivity index (χ4n) is 1.91. The standard InChI is InChI=1S/C17H15N5O4S/c1-11(23)16(22-21-14-4-2-12(10-18)3-5-14)17(24)20-13-6-8-15(9-7-13)27(19,25)26/h2-9,23H,1H3,(H,20,24)(H2,19,25,26). The molecule has 0 saturated carbocycles. The number of nitrogens with one attached hydrogen (secondary N) is 1. The van der Waals surface area contributed by atoms with E-state index in [1.54, 1.807) is 0 Å². The second-order valence-corrected chi connectivity index (χ2v) is 6.88. The maximum Gasteiger partial charge on any atom is 0.279 e. The molecule has 9 nitrogen and oxygen atoms in total. The molecule has 0 unspecified atom stereocenters. The highest BCUT2D eigenvalue weighted by atomic mass is 32.2. The van der Waals surface area contributed by atoms with Crippen LogP contribution in [-0.4, -0.2) is 19.4 Å². The van der Waals surface area contributed by atoms with Crippen molar-refractivity contribution in [3.63, 3.8) is 0 Å². The third-order valence-electron chi connectivity index (χ3n) is 3.26. The number of hydrogen-bond acceptors (Lipinski definition) is 7. The van der Waals surface area contributed by atoms with Crippen molar-refractivity contribution >= 4 is 27.3 Å². The van der Waals surface area contributed by atoms with E-state index < -0.39 is 15.9 Å². The van der Waals surface area contributed by atoms with Crippen LogP contribution >= 0.6 is 0 Å². The van der Waals surface area contributed by atoms with Crippen molar-refractivity contribution in [3.8, 4) is 6.07 Å². The Bertz CT molecular complexity index is 1050. The Hall–Kier alpha value is -3.55. The molecule has 2 aromatic carbocycles. The van der Waals surface area contributed by atoms with Crippen LogP contribution in [0, 0.1) is 11.3 Å². The summed E-state index contributed by atoms with van der Waals surface area (Å²) in [5, 5.41) is 33.5. The minimum Gasteiger partial charge on any atom is -0.510 e. The highest BCUT2D eigenvalue weighted by molar-refractivity contribution is 7.89. The topological polar surface area (TPSA) is 158 Å². The van der Waals surface area contributed by atoms with E-state index in [4.69, 9.17) is 10.4 Å². The van der Waals surface area contributed by atoms with Crippen LogP contribution in [0.25, 0.3) is 0 Å². The number of anilines is 1. The normalized spacial score (nSPS) is 12.3. The molecular weight excluding hydrogens is 370 g/mol. The van der Waals surface area contributed by atoms with E-state index in [9.17, 15) is 18.3 Å². The Labute approximate surface area is 155 Å². The van der Waals surface area contributed by atoms with E-state index in [-0.39, 0.29) is 22.0 Å². The van der Waals surface area contributed by atoms with E-state index in [2.05, 4.69) is 15.5 Å². The van der Waals surface area contributed by atoms with Gasteiger partial charge in [0.2, 0.25) is 10.0 Å². The van der Waals surface area contributed by atoms with Gasteiger partial charge in [-0.3, -0.25) is 4.79 Å². The van der Waals surface area contributed by atoms with Crippen molar-refractivity contribution in [3.05, 3.63) is 65.6 Å². The number of hydrogen-bond donors (Lipinski definition) is 3. The SMILES string of the molecule is CC(O)=C(N=Nc1ccc(C#N)cc1)C(=O)Nc1ccc(S(N)(=O)=O)cc1. The number of allylic oxidation sites excluding steroid dienone is 1. The van der Waals surface area contributed by atoms with Crippen LogP contribution < -0.4 is 10.5 Å². The Balaban J connectivity index is 2.16. The van der Waals surface area contributed by atoms with Gasteiger partial charge in [-0.1, -0.05) is 0 Å². The first-order chi connectivity index (χ1) is 12.7. The summed E-state index contributed by atoms with van der Waals surface area (Å²) in [6.07, 6.45) is 0. The monoisotopic (exact) mass is 385 g/mol. The molecule has 0 aliphatic rings. The maximum atomic E-state index is 12.3. The molecular formula is C17H15N5O4S. The van der Waals surface area contributed by atoms with Gasteiger partial charge in [-0.2, -0.15) is 10.4 Å². The van der Waals surface area contributed by atoms with Crippen LogP contribution in [0.15, 0.2) is 75.1 Å². The number of carbonyl (C=O) groups is 1. The molecule has 0 spiro atoms. The lowest BCUT2D eigenvalue weighted by Gasteiger charge is -2.06. The number of nitriles is 1.